The van der Waals surface area contributed by atoms with Gasteiger partial charge < -0.3 is 18.9 Å². The van der Waals surface area contributed by atoms with Crippen molar-refractivity contribution in [2.45, 2.75) is 65.1 Å². The number of aryl methyl sites for hydroxylation is 3. The maximum atomic E-state index is 12.7. The zero-order valence-electron chi connectivity index (χ0n) is 18.9. The molecule has 0 saturated carbocycles. The number of fused-ring (bicyclic) bond motifs is 3. The molecule has 0 spiro atoms. The molecule has 1 aliphatic carbocycles. The Morgan fingerprint density at radius 3 is 2.72 bits per heavy atom. The molecule has 1 aliphatic rings. The number of aromatic nitrogens is 1. The third-order valence-corrected chi connectivity index (χ3v) is 5.72. The van der Waals surface area contributed by atoms with Gasteiger partial charge in [-0.05, 0) is 96.8 Å². The topological polar surface area (TPSA) is 43.7 Å². The van der Waals surface area contributed by atoms with E-state index in [-0.39, 0.29) is 18.2 Å². The first-order valence-corrected chi connectivity index (χ1v) is 10.9. The maximum Gasteiger partial charge on any atom is 0.338 e. The third-order valence-electron chi connectivity index (χ3n) is 5.72. The van der Waals surface area contributed by atoms with E-state index >= 15 is 0 Å². The third kappa shape index (κ3) is 4.67. The molecule has 0 radical (unpaired) electrons. The van der Waals surface area contributed by atoms with Gasteiger partial charge in [0.25, 0.3) is 0 Å². The Kier molecular flexibility index (Phi) is 7.01. The van der Waals surface area contributed by atoms with Crippen molar-refractivity contribution in [2.75, 3.05) is 27.2 Å². The molecule has 29 heavy (non-hydrogen) atoms. The van der Waals surface area contributed by atoms with Crippen molar-refractivity contribution in [3.05, 3.63) is 34.5 Å². The number of esters is 1. The summed E-state index contributed by atoms with van der Waals surface area (Å²) in [5.41, 5.74) is 5.78. The summed E-state index contributed by atoms with van der Waals surface area (Å²) in [5.74, 6) is -0.231. The monoisotopic (exact) mass is 400 g/mol. The van der Waals surface area contributed by atoms with Gasteiger partial charge in [0.2, 0.25) is 0 Å². The smallest absolute Gasteiger partial charge is 0.338 e. The van der Waals surface area contributed by atoms with Gasteiger partial charge in [0.15, 0.2) is 0 Å². The Balaban J connectivity index is 2.12. The lowest BCUT2D eigenvalue weighted by atomic mass is 9.92. The summed E-state index contributed by atoms with van der Waals surface area (Å²) in [6.45, 7) is 7.59. The molecule has 5 heteroatoms. The first-order valence-electron chi connectivity index (χ1n) is 10.9. The number of ether oxygens (including phenoxy) is 2. The fourth-order valence-electron chi connectivity index (χ4n) is 4.60. The Morgan fingerprint density at radius 1 is 1.31 bits per heavy atom. The molecule has 0 amide bonds. The van der Waals surface area contributed by atoms with E-state index in [4.69, 9.17) is 9.47 Å². The van der Waals surface area contributed by atoms with Crippen molar-refractivity contribution in [3.8, 4) is 0 Å². The Bertz CT molecular complexity index is 867. The number of nitrogens with zero attached hydrogens (tertiary/aromatic N) is 2. The van der Waals surface area contributed by atoms with Gasteiger partial charge in [-0.3, -0.25) is 0 Å². The normalized spacial score (nSPS) is 16.6. The molecular weight excluding hydrogens is 364 g/mol. The van der Waals surface area contributed by atoms with E-state index < -0.39 is 0 Å². The second kappa shape index (κ2) is 9.31. The van der Waals surface area contributed by atoms with Gasteiger partial charge in [-0.1, -0.05) is 0 Å². The minimum Gasteiger partial charge on any atom is -0.459 e. The molecule has 1 heterocycles. The number of rotatable bonds is 8. The Morgan fingerprint density at radius 2 is 2.07 bits per heavy atom. The molecule has 1 aromatic heterocycles. The first-order chi connectivity index (χ1) is 13.8. The second-order valence-electron chi connectivity index (χ2n) is 8.65. The van der Waals surface area contributed by atoms with Crippen LogP contribution in [0.2, 0.25) is 0 Å². The van der Waals surface area contributed by atoms with Crippen LogP contribution in [0.15, 0.2) is 12.1 Å². The summed E-state index contributed by atoms with van der Waals surface area (Å²) in [6, 6.07) is 4.09. The molecular formula is C24H36N2O3. The highest BCUT2D eigenvalue weighted by Gasteiger charge is 2.28. The van der Waals surface area contributed by atoms with Crippen molar-refractivity contribution in [1.82, 2.24) is 9.47 Å². The van der Waals surface area contributed by atoms with E-state index in [9.17, 15) is 4.79 Å². The highest BCUT2D eigenvalue weighted by atomic mass is 16.5. The van der Waals surface area contributed by atoms with E-state index in [0.29, 0.717) is 12.2 Å². The number of hydrogen-bond donors (Lipinski definition) is 0. The van der Waals surface area contributed by atoms with Crippen molar-refractivity contribution < 1.29 is 14.3 Å². The van der Waals surface area contributed by atoms with Crippen molar-refractivity contribution in [1.29, 1.82) is 0 Å². The molecule has 0 N–H and O–H groups in total. The average Bonchev–Trinajstić information content (AvgIpc) is 2.95. The van der Waals surface area contributed by atoms with Crippen LogP contribution >= 0.6 is 0 Å². The van der Waals surface area contributed by atoms with Crippen molar-refractivity contribution in [3.63, 3.8) is 0 Å². The van der Waals surface area contributed by atoms with Gasteiger partial charge in [0.05, 0.1) is 29.0 Å². The molecule has 0 saturated heterocycles. The van der Waals surface area contributed by atoms with E-state index in [0.717, 1.165) is 38.6 Å². The van der Waals surface area contributed by atoms with E-state index in [1.807, 2.05) is 26.0 Å². The summed E-state index contributed by atoms with van der Waals surface area (Å²) in [4.78, 5) is 14.9. The zero-order valence-corrected chi connectivity index (χ0v) is 18.9. The van der Waals surface area contributed by atoms with Gasteiger partial charge in [-0.2, -0.15) is 0 Å². The fourth-order valence-corrected chi connectivity index (χ4v) is 4.60. The zero-order chi connectivity index (χ0) is 21.1. The largest absolute Gasteiger partial charge is 0.459 e. The van der Waals surface area contributed by atoms with Gasteiger partial charge in [0, 0.05) is 19.0 Å². The van der Waals surface area contributed by atoms with E-state index in [2.05, 4.69) is 37.5 Å². The molecule has 0 aliphatic heterocycles. The summed E-state index contributed by atoms with van der Waals surface area (Å²) < 4.78 is 13.9. The van der Waals surface area contributed by atoms with E-state index in [1.54, 1.807) is 0 Å². The van der Waals surface area contributed by atoms with E-state index in [1.165, 1.54) is 27.7 Å². The quantitative estimate of drug-likeness (QED) is 0.605. The van der Waals surface area contributed by atoms with Crippen LogP contribution in [0.3, 0.4) is 0 Å². The Hall–Kier alpha value is -1.85. The molecule has 0 bridgehead atoms. The minimum atomic E-state index is -0.231. The minimum absolute atomic E-state index is 0.123. The molecule has 5 nitrogen and oxygen atoms in total. The molecule has 2 aromatic rings. The summed E-state index contributed by atoms with van der Waals surface area (Å²) in [6.07, 6.45) is 5.22. The highest BCUT2D eigenvalue weighted by Crippen LogP contribution is 2.40. The van der Waals surface area contributed by atoms with Crippen LogP contribution in [0.1, 0.15) is 73.3 Å². The van der Waals surface area contributed by atoms with Gasteiger partial charge >= 0.3 is 5.97 Å². The number of carbonyl (C=O) groups is 1. The molecule has 0 fully saturated rings. The predicted molar refractivity (Wildman–Crippen MR) is 118 cm³/mol. The average molecular weight is 401 g/mol. The first kappa shape index (κ1) is 21.8. The SMILES string of the molecule is CCOC1CCCc2c1n(C)c1c(CCCN(C)C)cc(C(=O)OC(C)C)cc21. The maximum absolute atomic E-state index is 12.7. The van der Waals surface area contributed by atoms with Crippen LogP contribution in [0, 0.1) is 0 Å². The lowest BCUT2D eigenvalue weighted by molar-refractivity contribution is 0.0378. The summed E-state index contributed by atoms with van der Waals surface area (Å²) in [5, 5.41) is 1.20. The van der Waals surface area contributed by atoms with Gasteiger partial charge in [0.1, 0.15) is 0 Å². The lowest BCUT2D eigenvalue weighted by Crippen LogP contribution is -2.15. The lowest BCUT2D eigenvalue weighted by Gasteiger charge is -2.24. The summed E-state index contributed by atoms with van der Waals surface area (Å²) >= 11 is 0. The second-order valence-corrected chi connectivity index (χ2v) is 8.65. The molecule has 1 atom stereocenters. The van der Waals surface area contributed by atoms with Crippen LogP contribution < -0.4 is 0 Å². The fraction of sp³-hybridized carbons (Fsp3) is 0.625. The van der Waals surface area contributed by atoms with Gasteiger partial charge in [-0.25, -0.2) is 4.79 Å². The number of carbonyl (C=O) groups excluding carboxylic acids is 1. The van der Waals surface area contributed by atoms with Crippen LogP contribution in [0.4, 0.5) is 0 Å². The highest BCUT2D eigenvalue weighted by molar-refractivity contribution is 5.98. The molecule has 3 rings (SSSR count). The molecule has 1 unspecified atom stereocenters. The van der Waals surface area contributed by atoms with Crippen LogP contribution in [-0.4, -0.2) is 48.8 Å². The van der Waals surface area contributed by atoms with Crippen molar-refractivity contribution >= 4 is 16.9 Å². The summed E-state index contributed by atoms with van der Waals surface area (Å²) in [7, 11) is 6.35. The van der Waals surface area contributed by atoms with Crippen molar-refractivity contribution in [2.24, 2.45) is 7.05 Å². The standard InChI is InChI=1S/C24H36N2O3/c1-7-28-21-12-8-11-19-20-15-18(24(27)29-16(2)3)14-17(10-9-13-25(4)5)22(20)26(6)23(19)21/h14-16,21H,7-13H2,1-6H3. The molecule has 1 aromatic carbocycles. The Labute approximate surface area is 175 Å². The van der Waals surface area contributed by atoms with Gasteiger partial charge in [-0.15, -0.1) is 0 Å². The van der Waals surface area contributed by atoms with Crippen LogP contribution in [0.5, 0.6) is 0 Å². The number of benzene rings is 1. The molecule has 160 valence electrons. The predicted octanol–water partition coefficient (Wildman–Crippen LogP) is 4.65. The number of hydrogen-bond acceptors (Lipinski definition) is 4. The van der Waals surface area contributed by atoms with Crippen LogP contribution in [0.25, 0.3) is 10.9 Å². The van der Waals surface area contributed by atoms with Crippen LogP contribution in [-0.2, 0) is 29.4 Å².